The molecule has 0 saturated carbocycles. The summed E-state index contributed by atoms with van der Waals surface area (Å²) in [5, 5.41) is 7.31. The second-order valence-corrected chi connectivity index (χ2v) is 3.23. The summed E-state index contributed by atoms with van der Waals surface area (Å²) in [5.74, 6) is -0.813. The normalized spacial score (nSPS) is 10.2. The average molecular weight is 236 g/mol. The van der Waals surface area contributed by atoms with Crippen LogP contribution in [0.2, 0.25) is 0 Å². The SMILES string of the molecule is COC(=O)Cc1nnc(-c2ccccc2F)o1. The molecule has 1 aromatic carbocycles. The zero-order valence-corrected chi connectivity index (χ0v) is 9.01. The Labute approximate surface area is 96.2 Å². The number of nitrogens with zero attached hydrogens (tertiary/aromatic N) is 2. The first-order valence-corrected chi connectivity index (χ1v) is 4.85. The van der Waals surface area contributed by atoms with Crippen LogP contribution in [-0.2, 0) is 16.0 Å². The molecule has 0 fully saturated rings. The van der Waals surface area contributed by atoms with E-state index in [1.54, 1.807) is 12.1 Å². The minimum atomic E-state index is -0.492. The molecule has 0 bridgehead atoms. The lowest BCUT2D eigenvalue weighted by molar-refractivity contribution is -0.140. The highest BCUT2D eigenvalue weighted by molar-refractivity contribution is 5.71. The topological polar surface area (TPSA) is 65.2 Å². The molecule has 0 spiro atoms. The predicted octanol–water partition coefficient (Wildman–Crippen LogP) is 1.59. The monoisotopic (exact) mass is 236 g/mol. The molecule has 2 aromatic rings. The first kappa shape index (κ1) is 11.3. The third-order valence-electron chi connectivity index (χ3n) is 2.09. The number of methoxy groups -OCH3 is 1. The van der Waals surface area contributed by atoms with Crippen LogP contribution in [0.15, 0.2) is 28.7 Å². The molecule has 17 heavy (non-hydrogen) atoms. The Morgan fingerprint density at radius 3 is 2.88 bits per heavy atom. The lowest BCUT2D eigenvalue weighted by Gasteiger charge is -1.95. The molecule has 0 unspecified atom stereocenters. The summed E-state index contributed by atoms with van der Waals surface area (Å²) >= 11 is 0. The van der Waals surface area contributed by atoms with Crippen LogP contribution in [0.3, 0.4) is 0 Å². The van der Waals surface area contributed by atoms with E-state index in [-0.39, 0.29) is 23.8 Å². The van der Waals surface area contributed by atoms with E-state index in [9.17, 15) is 9.18 Å². The van der Waals surface area contributed by atoms with E-state index < -0.39 is 11.8 Å². The van der Waals surface area contributed by atoms with Gasteiger partial charge in [-0.3, -0.25) is 4.79 Å². The van der Waals surface area contributed by atoms with E-state index in [1.807, 2.05) is 0 Å². The molecule has 5 nitrogen and oxygen atoms in total. The summed E-state index contributed by atoms with van der Waals surface area (Å²) in [6.07, 6.45) is -0.127. The van der Waals surface area contributed by atoms with Gasteiger partial charge in [-0.1, -0.05) is 12.1 Å². The van der Waals surface area contributed by atoms with Crippen LogP contribution in [0.1, 0.15) is 5.89 Å². The van der Waals surface area contributed by atoms with Crippen molar-refractivity contribution >= 4 is 5.97 Å². The number of carbonyl (C=O) groups is 1. The summed E-state index contributed by atoms with van der Waals surface area (Å²) in [5.41, 5.74) is 0.205. The number of hydrogen-bond acceptors (Lipinski definition) is 5. The number of benzene rings is 1. The maximum Gasteiger partial charge on any atom is 0.315 e. The summed E-state index contributed by atoms with van der Waals surface area (Å²) in [7, 11) is 1.26. The summed E-state index contributed by atoms with van der Waals surface area (Å²) in [6, 6.07) is 6.03. The van der Waals surface area contributed by atoms with Crippen molar-refractivity contribution in [3.63, 3.8) is 0 Å². The fourth-order valence-corrected chi connectivity index (χ4v) is 1.26. The van der Waals surface area contributed by atoms with E-state index in [1.165, 1.54) is 19.2 Å². The van der Waals surface area contributed by atoms with Crippen molar-refractivity contribution in [1.82, 2.24) is 10.2 Å². The minimum Gasteiger partial charge on any atom is -0.469 e. The van der Waals surface area contributed by atoms with Gasteiger partial charge >= 0.3 is 5.97 Å². The molecule has 0 saturated heterocycles. The second-order valence-electron chi connectivity index (χ2n) is 3.23. The van der Waals surface area contributed by atoms with Crippen molar-refractivity contribution in [3.8, 4) is 11.5 Å². The molecule has 88 valence electrons. The zero-order valence-electron chi connectivity index (χ0n) is 9.01. The van der Waals surface area contributed by atoms with Crippen LogP contribution >= 0.6 is 0 Å². The van der Waals surface area contributed by atoms with Gasteiger partial charge in [0.15, 0.2) is 0 Å². The van der Waals surface area contributed by atoms with Gasteiger partial charge in [-0.05, 0) is 12.1 Å². The molecule has 0 amide bonds. The number of aromatic nitrogens is 2. The number of ether oxygens (including phenoxy) is 1. The molecule has 0 aliphatic carbocycles. The van der Waals surface area contributed by atoms with Crippen molar-refractivity contribution in [2.75, 3.05) is 7.11 Å². The molecule has 0 atom stereocenters. The highest BCUT2D eigenvalue weighted by Gasteiger charge is 2.14. The van der Waals surface area contributed by atoms with E-state index in [0.717, 1.165) is 0 Å². The number of carbonyl (C=O) groups excluding carboxylic acids is 1. The Morgan fingerprint density at radius 1 is 1.41 bits per heavy atom. The Balaban J connectivity index is 2.24. The molecule has 0 N–H and O–H groups in total. The maximum atomic E-state index is 13.4. The quantitative estimate of drug-likeness (QED) is 0.757. The first-order valence-electron chi connectivity index (χ1n) is 4.85. The molecule has 6 heteroatoms. The second kappa shape index (κ2) is 4.73. The fraction of sp³-hybridized carbons (Fsp3) is 0.182. The van der Waals surface area contributed by atoms with Crippen molar-refractivity contribution in [2.45, 2.75) is 6.42 Å². The Kier molecular flexibility index (Phi) is 3.13. The lowest BCUT2D eigenvalue weighted by Crippen LogP contribution is -2.04. The van der Waals surface area contributed by atoms with Crippen LogP contribution in [0.5, 0.6) is 0 Å². The molecular weight excluding hydrogens is 227 g/mol. The standard InChI is InChI=1S/C11H9FN2O3/c1-16-10(15)6-9-13-14-11(17-9)7-4-2-3-5-8(7)12/h2-5H,6H2,1H3. The number of rotatable bonds is 3. The molecule has 2 rings (SSSR count). The first-order chi connectivity index (χ1) is 8.20. The summed E-state index contributed by atoms with van der Waals surface area (Å²) in [6.45, 7) is 0. The lowest BCUT2D eigenvalue weighted by atomic mass is 10.2. The fourth-order valence-electron chi connectivity index (χ4n) is 1.26. The molecule has 1 heterocycles. The van der Waals surface area contributed by atoms with Crippen molar-refractivity contribution in [2.24, 2.45) is 0 Å². The van der Waals surface area contributed by atoms with Gasteiger partial charge < -0.3 is 9.15 Å². The van der Waals surface area contributed by atoms with E-state index in [4.69, 9.17) is 4.42 Å². The van der Waals surface area contributed by atoms with Crippen molar-refractivity contribution in [1.29, 1.82) is 0 Å². The van der Waals surface area contributed by atoms with Crippen LogP contribution in [0.25, 0.3) is 11.5 Å². The van der Waals surface area contributed by atoms with Crippen LogP contribution in [0, 0.1) is 5.82 Å². The van der Waals surface area contributed by atoms with Gasteiger partial charge in [0.05, 0.1) is 12.7 Å². The number of halogens is 1. The Morgan fingerprint density at radius 2 is 2.18 bits per heavy atom. The Hall–Kier alpha value is -2.24. The zero-order chi connectivity index (χ0) is 12.3. The summed E-state index contributed by atoms with van der Waals surface area (Å²) in [4.78, 5) is 11.0. The largest absolute Gasteiger partial charge is 0.469 e. The molecule has 1 aromatic heterocycles. The smallest absolute Gasteiger partial charge is 0.315 e. The minimum absolute atomic E-state index is 0.0435. The highest BCUT2D eigenvalue weighted by atomic mass is 19.1. The Bertz CT molecular complexity index is 539. The average Bonchev–Trinajstić information content (AvgIpc) is 2.78. The maximum absolute atomic E-state index is 13.4. The van der Waals surface area contributed by atoms with E-state index in [2.05, 4.69) is 14.9 Å². The van der Waals surface area contributed by atoms with Crippen LogP contribution in [0.4, 0.5) is 4.39 Å². The van der Waals surface area contributed by atoms with Gasteiger partial charge in [-0.25, -0.2) is 4.39 Å². The third-order valence-corrected chi connectivity index (χ3v) is 2.09. The van der Waals surface area contributed by atoms with Crippen molar-refractivity contribution < 1.29 is 18.3 Å². The van der Waals surface area contributed by atoms with E-state index in [0.29, 0.717) is 0 Å². The van der Waals surface area contributed by atoms with E-state index >= 15 is 0 Å². The molecule has 0 aliphatic rings. The van der Waals surface area contributed by atoms with Gasteiger partial charge in [0.2, 0.25) is 5.89 Å². The molecule has 0 aliphatic heterocycles. The van der Waals surface area contributed by atoms with Gasteiger partial charge in [0.25, 0.3) is 5.89 Å². The van der Waals surface area contributed by atoms with Crippen molar-refractivity contribution in [3.05, 3.63) is 36.0 Å². The molecular formula is C11H9FN2O3. The summed E-state index contributed by atoms with van der Waals surface area (Å²) < 4.78 is 23.0. The predicted molar refractivity (Wildman–Crippen MR) is 55.4 cm³/mol. The van der Waals surface area contributed by atoms with Gasteiger partial charge in [-0.2, -0.15) is 0 Å². The number of hydrogen-bond donors (Lipinski definition) is 0. The number of esters is 1. The van der Waals surface area contributed by atoms with Gasteiger partial charge in [0, 0.05) is 0 Å². The molecule has 0 radical (unpaired) electrons. The van der Waals surface area contributed by atoms with Gasteiger partial charge in [-0.15, -0.1) is 10.2 Å². The van der Waals surface area contributed by atoms with Crippen LogP contribution in [-0.4, -0.2) is 23.3 Å². The van der Waals surface area contributed by atoms with Crippen LogP contribution < -0.4 is 0 Å². The highest BCUT2D eigenvalue weighted by Crippen LogP contribution is 2.20. The third kappa shape index (κ3) is 2.47. The van der Waals surface area contributed by atoms with Gasteiger partial charge in [0.1, 0.15) is 12.2 Å².